The Labute approximate surface area is 184 Å². The molecule has 32 heavy (non-hydrogen) atoms. The van der Waals surface area contributed by atoms with Crippen LogP contribution in [-0.4, -0.2) is 56.1 Å². The van der Waals surface area contributed by atoms with Crippen LogP contribution in [0.5, 0.6) is 11.5 Å². The zero-order chi connectivity index (χ0) is 23.1. The molecule has 0 bridgehead atoms. The number of benzene rings is 2. The third-order valence-electron chi connectivity index (χ3n) is 4.77. The van der Waals surface area contributed by atoms with Gasteiger partial charge in [0.25, 0.3) is 11.8 Å². The van der Waals surface area contributed by atoms with Gasteiger partial charge in [-0.25, -0.2) is 0 Å². The Balaban J connectivity index is 1.51. The zero-order valence-corrected chi connectivity index (χ0v) is 17.6. The van der Waals surface area contributed by atoms with Gasteiger partial charge in [-0.2, -0.15) is 0 Å². The van der Waals surface area contributed by atoms with Gasteiger partial charge in [0.1, 0.15) is 11.5 Å². The quantitative estimate of drug-likeness (QED) is 0.593. The maximum atomic E-state index is 12.5. The van der Waals surface area contributed by atoms with Gasteiger partial charge in [0.2, 0.25) is 5.91 Å². The summed E-state index contributed by atoms with van der Waals surface area (Å²) in [6.07, 6.45) is -0.140. The van der Waals surface area contributed by atoms with Crippen LogP contribution in [0.4, 0.5) is 5.69 Å². The van der Waals surface area contributed by atoms with E-state index in [1.54, 1.807) is 48.5 Å². The Hall–Kier alpha value is -4.08. The second kappa shape index (κ2) is 10.3. The molecule has 2 N–H and O–H groups in total. The van der Waals surface area contributed by atoms with E-state index in [9.17, 15) is 19.2 Å². The van der Waals surface area contributed by atoms with Crippen molar-refractivity contribution in [1.29, 1.82) is 0 Å². The van der Waals surface area contributed by atoms with Gasteiger partial charge in [0, 0.05) is 6.42 Å². The molecule has 0 spiro atoms. The summed E-state index contributed by atoms with van der Waals surface area (Å²) >= 11 is 0. The number of anilines is 1. The lowest BCUT2D eigenvalue weighted by atomic mass is 10.1. The molecule has 0 aromatic heterocycles. The number of nitrogens with one attached hydrogen (secondary N) is 2. The molecule has 1 heterocycles. The molecule has 1 aliphatic heterocycles. The van der Waals surface area contributed by atoms with E-state index in [0.717, 1.165) is 5.01 Å². The molecule has 0 saturated carbocycles. The summed E-state index contributed by atoms with van der Waals surface area (Å²) in [4.78, 5) is 49.2. The third-order valence-corrected chi connectivity index (χ3v) is 4.77. The molecule has 1 saturated heterocycles. The van der Waals surface area contributed by atoms with E-state index in [2.05, 4.69) is 10.7 Å². The molecule has 3 amide bonds. The minimum absolute atomic E-state index is 0.0628. The smallest absolute Gasteiger partial charge is 0.311 e. The largest absolute Gasteiger partial charge is 0.496 e. The number of esters is 1. The van der Waals surface area contributed by atoms with Crippen LogP contribution in [0.15, 0.2) is 48.5 Å². The van der Waals surface area contributed by atoms with E-state index >= 15 is 0 Å². The molecule has 10 nitrogen and oxygen atoms in total. The van der Waals surface area contributed by atoms with Crippen LogP contribution >= 0.6 is 0 Å². The van der Waals surface area contributed by atoms with E-state index in [1.807, 2.05) is 0 Å². The summed E-state index contributed by atoms with van der Waals surface area (Å²) in [5, 5.41) is 3.66. The van der Waals surface area contributed by atoms with Crippen LogP contribution in [0.3, 0.4) is 0 Å². The Morgan fingerprint density at radius 2 is 1.66 bits per heavy atom. The number of hydrazine groups is 1. The summed E-state index contributed by atoms with van der Waals surface area (Å²) in [5.41, 5.74) is 3.17. The van der Waals surface area contributed by atoms with E-state index in [0.29, 0.717) is 17.2 Å². The second-order valence-electron chi connectivity index (χ2n) is 6.90. The Morgan fingerprint density at radius 3 is 2.38 bits per heavy atom. The normalized spacial score (nSPS) is 15.1. The first kappa shape index (κ1) is 22.6. The number of hydrogen-bond donors (Lipinski definition) is 2. The fourth-order valence-corrected chi connectivity index (χ4v) is 3.18. The highest BCUT2D eigenvalue weighted by Gasteiger charge is 2.37. The zero-order valence-electron chi connectivity index (χ0n) is 17.6. The molecule has 0 aliphatic carbocycles. The van der Waals surface area contributed by atoms with Crippen LogP contribution in [0, 0.1) is 5.92 Å². The minimum atomic E-state index is -0.806. The predicted octanol–water partition coefficient (Wildman–Crippen LogP) is 1.38. The summed E-state index contributed by atoms with van der Waals surface area (Å²) in [6, 6.07) is 13.4. The van der Waals surface area contributed by atoms with Gasteiger partial charge in [-0.05, 0) is 24.3 Å². The van der Waals surface area contributed by atoms with Crippen molar-refractivity contribution in [3.8, 4) is 11.5 Å². The lowest BCUT2D eigenvalue weighted by molar-refractivity contribution is -0.151. The van der Waals surface area contributed by atoms with Gasteiger partial charge in [0.05, 0.1) is 37.9 Å². The van der Waals surface area contributed by atoms with Crippen LogP contribution in [0.1, 0.15) is 16.8 Å². The van der Waals surface area contributed by atoms with Crippen molar-refractivity contribution in [2.45, 2.75) is 6.42 Å². The van der Waals surface area contributed by atoms with Crippen molar-refractivity contribution in [2.24, 2.45) is 5.92 Å². The molecule has 1 fully saturated rings. The van der Waals surface area contributed by atoms with Crippen molar-refractivity contribution in [2.75, 3.05) is 32.7 Å². The number of rotatable bonds is 8. The summed E-state index contributed by atoms with van der Waals surface area (Å²) in [7, 11) is 2.91. The number of amides is 3. The van der Waals surface area contributed by atoms with Gasteiger partial charge in [-0.1, -0.05) is 24.3 Å². The van der Waals surface area contributed by atoms with Crippen LogP contribution in [0.25, 0.3) is 0 Å². The SMILES string of the molecule is COc1ccccc1NC(=O)COC(=O)[C@@H]1CC(=O)N(NC(=O)c2ccccc2OC)C1. The summed E-state index contributed by atoms with van der Waals surface area (Å²) in [5.74, 6) is -2.21. The number of nitrogens with zero attached hydrogens (tertiary/aromatic N) is 1. The number of para-hydroxylation sites is 3. The number of hydrogen-bond acceptors (Lipinski definition) is 7. The third kappa shape index (κ3) is 5.34. The fourth-order valence-electron chi connectivity index (χ4n) is 3.18. The Kier molecular flexibility index (Phi) is 7.27. The minimum Gasteiger partial charge on any atom is -0.496 e. The van der Waals surface area contributed by atoms with Gasteiger partial charge in [0.15, 0.2) is 6.61 Å². The highest BCUT2D eigenvalue weighted by molar-refractivity contribution is 5.99. The molecule has 3 rings (SSSR count). The second-order valence-corrected chi connectivity index (χ2v) is 6.90. The monoisotopic (exact) mass is 441 g/mol. The average molecular weight is 441 g/mol. The average Bonchev–Trinajstić information content (AvgIpc) is 3.17. The molecule has 2 aromatic rings. The molecule has 1 aliphatic rings. The molecule has 1 atom stereocenters. The first-order valence-corrected chi connectivity index (χ1v) is 9.76. The number of carbonyl (C=O) groups excluding carboxylic acids is 4. The Bertz CT molecular complexity index is 1020. The van der Waals surface area contributed by atoms with Crippen molar-refractivity contribution in [3.05, 3.63) is 54.1 Å². The standard InChI is InChI=1S/C22H23N3O7/c1-30-17-9-5-3-7-15(17)21(28)24-25-12-14(11-20(25)27)22(29)32-13-19(26)23-16-8-4-6-10-18(16)31-2/h3-10,14H,11-13H2,1-2H3,(H,23,26)(H,24,28)/t14-/m1/s1. The van der Waals surface area contributed by atoms with Crippen LogP contribution < -0.4 is 20.2 Å². The van der Waals surface area contributed by atoms with E-state index in [4.69, 9.17) is 14.2 Å². The van der Waals surface area contributed by atoms with Crippen molar-refractivity contribution < 1.29 is 33.4 Å². The topological polar surface area (TPSA) is 123 Å². The van der Waals surface area contributed by atoms with Crippen LogP contribution in [0.2, 0.25) is 0 Å². The van der Waals surface area contributed by atoms with Gasteiger partial charge < -0.3 is 19.5 Å². The first-order valence-electron chi connectivity index (χ1n) is 9.76. The predicted molar refractivity (Wildman–Crippen MR) is 113 cm³/mol. The molecule has 2 aromatic carbocycles. The fraction of sp³-hybridized carbons (Fsp3) is 0.273. The van der Waals surface area contributed by atoms with Crippen molar-refractivity contribution >= 4 is 29.4 Å². The van der Waals surface area contributed by atoms with Crippen molar-refractivity contribution in [3.63, 3.8) is 0 Å². The number of ether oxygens (including phenoxy) is 3. The molecular formula is C22H23N3O7. The molecule has 0 radical (unpaired) electrons. The molecular weight excluding hydrogens is 418 g/mol. The van der Waals surface area contributed by atoms with Gasteiger partial charge >= 0.3 is 5.97 Å². The maximum absolute atomic E-state index is 12.5. The van der Waals surface area contributed by atoms with E-state index < -0.39 is 36.2 Å². The summed E-state index contributed by atoms with van der Waals surface area (Å²) in [6.45, 7) is -0.582. The molecule has 10 heteroatoms. The van der Waals surface area contributed by atoms with Gasteiger partial charge in [-0.3, -0.25) is 29.6 Å². The highest BCUT2D eigenvalue weighted by Crippen LogP contribution is 2.23. The lowest BCUT2D eigenvalue weighted by Gasteiger charge is -2.18. The molecule has 168 valence electrons. The van der Waals surface area contributed by atoms with Crippen LogP contribution in [-0.2, 0) is 19.1 Å². The van der Waals surface area contributed by atoms with Gasteiger partial charge in [-0.15, -0.1) is 0 Å². The molecule has 0 unspecified atom stereocenters. The van der Waals surface area contributed by atoms with Crippen molar-refractivity contribution in [1.82, 2.24) is 10.4 Å². The van der Waals surface area contributed by atoms with E-state index in [-0.39, 0.29) is 18.5 Å². The summed E-state index contributed by atoms with van der Waals surface area (Å²) < 4.78 is 15.3. The van der Waals surface area contributed by atoms with E-state index in [1.165, 1.54) is 14.2 Å². The maximum Gasteiger partial charge on any atom is 0.311 e. The lowest BCUT2D eigenvalue weighted by Crippen LogP contribution is -2.43. The Morgan fingerprint density at radius 1 is 1.00 bits per heavy atom. The highest BCUT2D eigenvalue weighted by atomic mass is 16.5. The first-order chi connectivity index (χ1) is 15.4. The number of methoxy groups -OCH3 is 2. The number of carbonyl (C=O) groups is 4.